The first-order valence-electron chi connectivity index (χ1n) is 7.01. The maximum atomic E-state index is 13.6. The summed E-state index contributed by atoms with van der Waals surface area (Å²) in [6.45, 7) is 0.222. The van der Waals surface area contributed by atoms with Crippen molar-refractivity contribution in [1.82, 2.24) is 15.2 Å². The van der Waals surface area contributed by atoms with Gasteiger partial charge in [-0.3, -0.25) is 0 Å². The molecule has 2 aromatic carbocycles. The standard InChI is InChI=1S/C16H12ClF2N5/c17-12-7-11(5-6-14(12)19)22-15-9-21-24-16(23-15)20-8-10-3-1-2-4-13(10)18/h1-7,9H,8H2,(H2,20,22,23,24). The predicted molar refractivity (Wildman–Crippen MR) is 88.2 cm³/mol. The van der Waals surface area contributed by atoms with E-state index in [1.54, 1.807) is 18.2 Å². The third-order valence-corrected chi connectivity index (χ3v) is 3.44. The Balaban J connectivity index is 1.69. The summed E-state index contributed by atoms with van der Waals surface area (Å²) in [5.41, 5.74) is 1.05. The highest BCUT2D eigenvalue weighted by Crippen LogP contribution is 2.22. The van der Waals surface area contributed by atoms with E-state index in [0.717, 1.165) is 0 Å². The van der Waals surface area contributed by atoms with E-state index in [2.05, 4.69) is 25.8 Å². The normalized spacial score (nSPS) is 10.5. The molecule has 0 unspecified atom stereocenters. The maximum absolute atomic E-state index is 13.6. The second-order valence-corrected chi connectivity index (χ2v) is 5.27. The minimum absolute atomic E-state index is 0.0000772. The van der Waals surface area contributed by atoms with E-state index in [4.69, 9.17) is 11.6 Å². The molecule has 0 radical (unpaired) electrons. The molecule has 0 bridgehead atoms. The van der Waals surface area contributed by atoms with E-state index in [1.807, 2.05) is 0 Å². The van der Waals surface area contributed by atoms with Crippen molar-refractivity contribution < 1.29 is 8.78 Å². The average Bonchev–Trinajstić information content (AvgIpc) is 2.58. The molecular formula is C16H12ClF2N5. The van der Waals surface area contributed by atoms with Crippen LogP contribution >= 0.6 is 11.6 Å². The zero-order valence-corrected chi connectivity index (χ0v) is 13.1. The smallest absolute Gasteiger partial charge is 0.244 e. The second-order valence-electron chi connectivity index (χ2n) is 4.86. The molecule has 3 rings (SSSR count). The molecule has 3 aromatic rings. The van der Waals surface area contributed by atoms with Crippen LogP contribution in [0.4, 0.5) is 26.2 Å². The minimum atomic E-state index is -0.504. The topological polar surface area (TPSA) is 62.7 Å². The lowest BCUT2D eigenvalue weighted by Gasteiger charge is -2.08. The Morgan fingerprint density at radius 1 is 1.04 bits per heavy atom. The minimum Gasteiger partial charge on any atom is -0.349 e. The lowest BCUT2D eigenvalue weighted by molar-refractivity contribution is 0.612. The highest BCUT2D eigenvalue weighted by atomic mass is 35.5. The summed E-state index contributed by atoms with van der Waals surface area (Å²) in [5.74, 6) is -0.191. The summed E-state index contributed by atoms with van der Waals surface area (Å²) in [7, 11) is 0. The van der Waals surface area contributed by atoms with Crippen LogP contribution in [-0.4, -0.2) is 15.2 Å². The largest absolute Gasteiger partial charge is 0.349 e. The number of nitrogens with one attached hydrogen (secondary N) is 2. The van der Waals surface area contributed by atoms with E-state index in [1.165, 1.54) is 30.5 Å². The van der Waals surface area contributed by atoms with Crippen molar-refractivity contribution in [1.29, 1.82) is 0 Å². The lowest BCUT2D eigenvalue weighted by Crippen LogP contribution is -2.07. The Bertz CT molecular complexity index is 859. The van der Waals surface area contributed by atoms with E-state index in [9.17, 15) is 8.78 Å². The molecule has 0 atom stereocenters. The number of rotatable bonds is 5. The monoisotopic (exact) mass is 347 g/mol. The van der Waals surface area contributed by atoms with Crippen molar-refractivity contribution in [3.63, 3.8) is 0 Å². The van der Waals surface area contributed by atoms with Crippen molar-refractivity contribution in [3.05, 3.63) is 70.9 Å². The number of aromatic nitrogens is 3. The van der Waals surface area contributed by atoms with E-state index < -0.39 is 5.82 Å². The van der Waals surface area contributed by atoms with Gasteiger partial charge in [0.1, 0.15) is 11.6 Å². The number of anilines is 3. The number of halogens is 3. The van der Waals surface area contributed by atoms with Crippen LogP contribution in [0.2, 0.25) is 5.02 Å². The number of hydrogen-bond donors (Lipinski definition) is 2. The molecule has 0 saturated heterocycles. The summed E-state index contributed by atoms with van der Waals surface area (Å²) in [6, 6.07) is 10.6. The zero-order chi connectivity index (χ0) is 16.9. The molecule has 0 saturated carbocycles. The van der Waals surface area contributed by atoms with E-state index in [-0.39, 0.29) is 23.3 Å². The van der Waals surface area contributed by atoms with Crippen molar-refractivity contribution in [3.8, 4) is 0 Å². The van der Waals surface area contributed by atoms with Crippen LogP contribution in [-0.2, 0) is 6.54 Å². The molecule has 0 fully saturated rings. The molecule has 0 spiro atoms. The van der Waals surface area contributed by atoms with Gasteiger partial charge in [0.25, 0.3) is 0 Å². The Kier molecular flexibility index (Phi) is 4.81. The van der Waals surface area contributed by atoms with Crippen molar-refractivity contribution >= 4 is 29.1 Å². The fraction of sp³-hybridized carbons (Fsp3) is 0.0625. The Morgan fingerprint density at radius 3 is 2.67 bits per heavy atom. The van der Waals surface area contributed by atoms with Crippen LogP contribution in [0.1, 0.15) is 5.56 Å². The van der Waals surface area contributed by atoms with Gasteiger partial charge >= 0.3 is 0 Å². The molecule has 1 aromatic heterocycles. The van der Waals surface area contributed by atoms with Gasteiger partial charge in [0.15, 0.2) is 5.82 Å². The van der Waals surface area contributed by atoms with Gasteiger partial charge in [-0.15, -0.1) is 5.10 Å². The van der Waals surface area contributed by atoms with Gasteiger partial charge in [-0.2, -0.15) is 10.1 Å². The van der Waals surface area contributed by atoms with Crippen LogP contribution < -0.4 is 10.6 Å². The predicted octanol–water partition coefficient (Wildman–Crippen LogP) is 4.16. The first-order chi connectivity index (χ1) is 11.6. The van der Waals surface area contributed by atoms with Gasteiger partial charge in [-0.25, -0.2) is 8.78 Å². The maximum Gasteiger partial charge on any atom is 0.244 e. The molecule has 1 heterocycles. The zero-order valence-electron chi connectivity index (χ0n) is 12.3. The molecule has 0 aliphatic carbocycles. The first-order valence-corrected chi connectivity index (χ1v) is 7.39. The number of hydrogen-bond acceptors (Lipinski definition) is 5. The SMILES string of the molecule is Fc1ccc(Nc2cnnc(NCc3ccccc3F)n2)cc1Cl. The molecule has 2 N–H and O–H groups in total. The number of nitrogens with zero attached hydrogens (tertiary/aromatic N) is 3. The molecule has 0 aliphatic heterocycles. The molecule has 122 valence electrons. The lowest BCUT2D eigenvalue weighted by atomic mass is 10.2. The van der Waals surface area contributed by atoms with Gasteiger partial charge in [0, 0.05) is 17.8 Å². The summed E-state index contributed by atoms with van der Waals surface area (Å²) >= 11 is 5.73. The Hall–Kier alpha value is -2.80. The number of benzene rings is 2. The molecule has 8 heteroatoms. The molecule has 5 nitrogen and oxygen atoms in total. The Labute approximate surface area is 141 Å². The van der Waals surface area contributed by atoms with Crippen molar-refractivity contribution in [2.75, 3.05) is 10.6 Å². The molecule has 0 amide bonds. The van der Waals surface area contributed by atoms with Crippen LogP contribution in [0, 0.1) is 11.6 Å². The average molecular weight is 348 g/mol. The van der Waals surface area contributed by atoms with Crippen LogP contribution in [0.25, 0.3) is 0 Å². The quantitative estimate of drug-likeness (QED) is 0.725. The van der Waals surface area contributed by atoms with Gasteiger partial charge in [0.05, 0.1) is 11.2 Å². The molecular weight excluding hydrogens is 336 g/mol. The van der Waals surface area contributed by atoms with Crippen LogP contribution in [0.15, 0.2) is 48.7 Å². The highest BCUT2D eigenvalue weighted by Gasteiger charge is 2.05. The van der Waals surface area contributed by atoms with Crippen molar-refractivity contribution in [2.24, 2.45) is 0 Å². The first kappa shape index (κ1) is 16.1. The van der Waals surface area contributed by atoms with E-state index >= 15 is 0 Å². The summed E-state index contributed by atoms with van der Waals surface area (Å²) in [4.78, 5) is 4.21. The third kappa shape index (κ3) is 3.94. The van der Waals surface area contributed by atoms with Gasteiger partial charge in [0.2, 0.25) is 5.95 Å². The highest BCUT2D eigenvalue weighted by molar-refractivity contribution is 6.31. The van der Waals surface area contributed by atoms with Crippen LogP contribution in [0.3, 0.4) is 0 Å². The van der Waals surface area contributed by atoms with E-state index in [0.29, 0.717) is 17.1 Å². The van der Waals surface area contributed by atoms with Crippen LogP contribution in [0.5, 0.6) is 0 Å². The third-order valence-electron chi connectivity index (χ3n) is 3.15. The molecule has 0 aliphatic rings. The van der Waals surface area contributed by atoms with Crippen molar-refractivity contribution in [2.45, 2.75) is 6.54 Å². The Morgan fingerprint density at radius 2 is 1.88 bits per heavy atom. The van der Waals surface area contributed by atoms with Gasteiger partial charge in [-0.05, 0) is 24.3 Å². The fourth-order valence-corrected chi connectivity index (χ4v) is 2.16. The summed E-state index contributed by atoms with van der Waals surface area (Å²) < 4.78 is 26.7. The fourth-order valence-electron chi connectivity index (χ4n) is 1.98. The summed E-state index contributed by atoms with van der Waals surface area (Å²) in [6.07, 6.45) is 1.41. The van der Waals surface area contributed by atoms with Gasteiger partial charge < -0.3 is 10.6 Å². The second kappa shape index (κ2) is 7.18. The van der Waals surface area contributed by atoms with Gasteiger partial charge in [-0.1, -0.05) is 29.8 Å². The summed E-state index contributed by atoms with van der Waals surface area (Å²) in [5, 5.41) is 13.5. The molecule has 24 heavy (non-hydrogen) atoms.